The number of aliphatic hydroxyl groups excluding tert-OH is 1. The summed E-state index contributed by atoms with van der Waals surface area (Å²) in [6, 6.07) is 7.17. The zero-order valence-corrected chi connectivity index (χ0v) is 11.1. The molecule has 0 spiro atoms. The number of hydrogen-bond acceptors (Lipinski definition) is 3. The van der Waals surface area contributed by atoms with E-state index < -0.39 is 6.10 Å². The number of aromatic nitrogens is 2. The fraction of sp³-hybridized carbons (Fsp3) is 0.357. The number of rotatable bonds is 5. The van der Waals surface area contributed by atoms with Crippen molar-refractivity contribution in [1.29, 1.82) is 0 Å². The molecule has 102 valence electrons. The summed E-state index contributed by atoms with van der Waals surface area (Å²) < 4.78 is 8.17. The summed E-state index contributed by atoms with van der Waals surface area (Å²) in [4.78, 5) is 11.9. The summed E-state index contributed by atoms with van der Waals surface area (Å²) in [6.07, 6.45) is 2.71. The minimum atomic E-state index is -0.712. The lowest BCUT2D eigenvalue weighted by Crippen LogP contribution is -2.25. The maximum atomic E-state index is 11.9. The first-order chi connectivity index (χ1) is 9.15. The van der Waals surface area contributed by atoms with Crippen LogP contribution in [0.3, 0.4) is 0 Å². The van der Waals surface area contributed by atoms with E-state index in [0.717, 1.165) is 11.3 Å². The van der Waals surface area contributed by atoms with Crippen molar-refractivity contribution in [3.63, 3.8) is 0 Å². The quantitative estimate of drug-likeness (QED) is 0.886. The molecular formula is C14H18N2O3. The lowest BCUT2D eigenvalue weighted by molar-refractivity contribution is 0.155. The molecule has 5 nitrogen and oxygen atoms in total. The number of methoxy groups -OCH3 is 1. The second-order valence-electron chi connectivity index (χ2n) is 4.31. The minimum Gasteiger partial charge on any atom is -0.497 e. The molecular weight excluding hydrogens is 244 g/mol. The molecule has 19 heavy (non-hydrogen) atoms. The van der Waals surface area contributed by atoms with Crippen LogP contribution in [0.4, 0.5) is 0 Å². The first-order valence-corrected chi connectivity index (χ1v) is 6.23. The molecule has 1 atom stereocenters. The summed E-state index contributed by atoms with van der Waals surface area (Å²) in [6.45, 7) is 2.79. The van der Waals surface area contributed by atoms with Gasteiger partial charge in [0.05, 0.1) is 19.8 Å². The predicted molar refractivity (Wildman–Crippen MR) is 72.3 cm³/mol. The Labute approximate surface area is 111 Å². The molecule has 0 radical (unpaired) electrons. The van der Waals surface area contributed by atoms with Crippen LogP contribution < -0.4 is 10.4 Å². The molecule has 0 aliphatic heterocycles. The van der Waals surface area contributed by atoms with Crippen LogP contribution in [0.1, 0.15) is 18.6 Å². The maximum absolute atomic E-state index is 11.9. The van der Waals surface area contributed by atoms with Crippen molar-refractivity contribution in [3.8, 4) is 5.75 Å². The fourth-order valence-corrected chi connectivity index (χ4v) is 1.95. The molecule has 0 amide bonds. The Kier molecular flexibility index (Phi) is 4.06. The Morgan fingerprint density at radius 3 is 2.37 bits per heavy atom. The van der Waals surface area contributed by atoms with E-state index >= 15 is 0 Å². The van der Waals surface area contributed by atoms with E-state index in [4.69, 9.17) is 4.74 Å². The van der Waals surface area contributed by atoms with Gasteiger partial charge in [0.1, 0.15) is 5.75 Å². The van der Waals surface area contributed by atoms with Crippen LogP contribution >= 0.6 is 0 Å². The summed E-state index contributed by atoms with van der Waals surface area (Å²) >= 11 is 0. The molecule has 1 unspecified atom stereocenters. The van der Waals surface area contributed by atoms with Crippen molar-refractivity contribution >= 4 is 0 Å². The Hall–Kier alpha value is -2.01. The lowest BCUT2D eigenvalue weighted by atomic mass is 10.1. The van der Waals surface area contributed by atoms with E-state index in [-0.39, 0.29) is 12.2 Å². The van der Waals surface area contributed by atoms with Crippen molar-refractivity contribution < 1.29 is 9.84 Å². The highest BCUT2D eigenvalue weighted by molar-refractivity contribution is 5.28. The monoisotopic (exact) mass is 262 g/mol. The first kappa shape index (κ1) is 13.4. The fourth-order valence-electron chi connectivity index (χ4n) is 1.95. The molecule has 1 N–H and O–H groups in total. The van der Waals surface area contributed by atoms with E-state index in [0.29, 0.717) is 6.54 Å². The standard InChI is InChI=1S/C14H18N2O3/c1-3-15-8-9-16(14(15)18)10-13(17)11-4-6-12(19-2)7-5-11/h4-9,13,17H,3,10H2,1-2H3. The highest BCUT2D eigenvalue weighted by atomic mass is 16.5. The Morgan fingerprint density at radius 1 is 1.21 bits per heavy atom. The molecule has 0 aliphatic carbocycles. The smallest absolute Gasteiger partial charge is 0.328 e. The lowest BCUT2D eigenvalue weighted by Gasteiger charge is -2.11. The van der Waals surface area contributed by atoms with Crippen molar-refractivity contribution in [2.24, 2.45) is 0 Å². The van der Waals surface area contributed by atoms with Crippen molar-refractivity contribution in [2.75, 3.05) is 7.11 Å². The van der Waals surface area contributed by atoms with E-state index in [1.165, 1.54) is 4.57 Å². The second-order valence-corrected chi connectivity index (χ2v) is 4.31. The molecule has 1 heterocycles. The second kappa shape index (κ2) is 5.75. The number of aryl methyl sites for hydroxylation is 1. The molecule has 0 aliphatic rings. The van der Waals surface area contributed by atoms with Crippen molar-refractivity contribution in [2.45, 2.75) is 26.1 Å². The SMILES string of the molecule is CCn1ccn(CC(O)c2ccc(OC)cc2)c1=O. The normalized spacial score (nSPS) is 12.4. The summed E-state index contributed by atoms with van der Waals surface area (Å²) in [5.74, 6) is 0.741. The molecule has 0 fully saturated rings. The maximum Gasteiger partial charge on any atom is 0.328 e. The van der Waals surface area contributed by atoms with Gasteiger partial charge in [0, 0.05) is 18.9 Å². The van der Waals surface area contributed by atoms with Gasteiger partial charge in [-0.25, -0.2) is 4.79 Å². The van der Waals surface area contributed by atoms with E-state index in [1.807, 2.05) is 6.92 Å². The topological polar surface area (TPSA) is 56.4 Å². The zero-order valence-electron chi connectivity index (χ0n) is 11.1. The summed E-state index contributed by atoms with van der Waals surface area (Å²) in [5, 5.41) is 10.1. The van der Waals surface area contributed by atoms with Gasteiger partial charge in [0.2, 0.25) is 0 Å². The average molecular weight is 262 g/mol. The number of benzene rings is 1. The van der Waals surface area contributed by atoms with Gasteiger partial charge >= 0.3 is 5.69 Å². The largest absolute Gasteiger partial charge is 0.497 e. The number of ether oxygens (including phenoxy) is 1. The summed E-state index contributed by atoms with van der Waals surface area (Å²) in [5.41, 5.74) is 0.659. The Bertz CT molecular complexity index is 583. The van der Waals surface area contributed by atoms with Crippen LogP contribution in [0.5, 0.6) is 5.75 Å². The Balaban J connectivity index is 2.13. The van der Waals surface area contributed by atoms with Crippen LogP contribution in [0.25, 0.3) is 0 Å². The third kappa shape index (κ3) is 2.88. The van der Waals surface area contributed by atoms with Gasteiger partial charge < -0.3 is 9.84 Å². The number of aliphatic hydroxyl groups is 1. The molecule has 5 heteroatoms. The highest BCUT2D eigenvalue weighted by Crippen LogP contribution is 2.18. The molecule has 0 bridgehead atoms. The molecule has 0 saturated heterocycles. The molecule has 0 saturated carbocycles. The number of nitrogens with zero attached hydrogens (tertiary/aromatic N) is 2. The number of imidazole rings is 1. The van der Waals surface area contributed by atoms with Gasteiger partial charge in [0.25, 0.3) is 0 Å². The van der Waals surface area contributed by atoms with Gasteiger partial charge in [-0.15, -0.1) is 0 Å². The van der Waals surface area contributed by atoms with Gasteiger partial charge in [-0.05, 0) is 24.6 Å². The third-order valence-electron chi connectivity index (χ3n) is 3.13. The molecule has 1 aromatic heterocycles. The van der Waals surface area contributed by atoms with Crippen LogP contribution in [-0.2, 0) is 13.1 Å². The molecule has 2 aromatic rings. The van der Waals surface area contributed by atoms with Crippen LogP contribution in [-0.4, -0.2) is 21.4 Å². The van der Waals surface area contributed by atoms with Crippen LogP contribution in [0, 0.1) is 0 Å². The van der Waals surface area contributed by atoms with Crippen LogP contribution in [0.2, 0.25) is 0 Å². The van der Waals surface area contributed by atoms with E-state index in [9.17, 15) is 9.90 Å². The minimum absolute atomic E-state index is 0.102. The van der Waals surface area contributed by atoms with Gasteiger partial charge in [-0.1, -0.05) is 12.1 Å². The predicted octanol–water partition coefficient (Wildman–Crippen LogP) is 1.41. The van der Waals surface area contributed by atoms with Gasteiger partial charge in [-0.3, -0.25) is 9.13 Å². The number of hydrogen-bond donors (Lipinski definition) is 1. The average Bonchev–Trinajstić information content (AvgIpc) is 2.79. The van der Waals surface area contributed by atoms with Crippen molar-refractivity contribution in [3.05, 3.63) is 52.7 Å². The van der Waals surface area contributed by atoms with E-state index in [1.54, 1.807) is 48.3 Å². The highest BCUT2D eigenvalue weighted by Gasteiger charge is 2.11. The van der Waals surface area contributed by atoms with Crippen LogP contribution in [0.15, 0.2) is 41.5 Å². The summed E-state index contributed by atoms with van der Waals surface area (Å²) in [7, 11) is 1.60. The van der Waals surface area contributed by atoms with E-state index in [2.05, 4.69) is 0 Å². The zero-order chi connectivity index (χ0) is 13.8. The Morgan fingerprint density at radius 2 is 1.84 bits per heavy atom. The first-order valence-electron chi connectivity index (χ1n) is 6.23. The molecule has 2 rings (SSSR count). The van der Waals surface area contributed by atoms with Gasteiger partial charge in [0.15, 0.2) is 0 Å². The molecule has 1 aromatic carbocycles. The van der Waals surface area contributed by atoms with Gasteiger partial charge in [-0.2, -0.15) is 0 Å². The van der Waals surface area contributed by atoms with Crippen molar-refractivity contribution in [1.82, 2.24) is 9.13 Å². The third-order valence-corrected chi connectivity index (χ3v) is 3.13.